The maximum absolute atomic E-state index is 11.3. The average Bonchev–Trinajstić information content (AvgIpc) is 2.82. The normalized spacial score (nSPS) is 11.7. The first-order valence-corrected chi connectivity index (χ1v) is 8.92. The highest BCUT2D eigenvalue weighted by atomic mass is 32.2. The highest BCUT2D eigenvalue weighted by Gasteiger charge is 2.15. The summed E-state index contributed by atoms with van der Waals surface area (Å²) in [6.07, 6.45) is 1.21. The molecule has 0 atom stereocenters. The zero-order valence-electron chi connectivity index (χ0n) is 10.2. The maximum atomic E-state index is 11.3. The molecule has 0 aliphatic heterocycles. The molecule has 0 saturated heterocycles. The van der Waals surface area contributed by atoms with E-state index in [1.54, 1.807) is 0 Å². The van der Waals surface area contributed by atoms with E-state index in [0.29, 0.717) is 5.01 Å². The van der Waals surface area contributed by atoms with E-state index in [-0.39, 0.29) is 5.75 Å². The molecule has 2 rings (SSSR count). The molecule has 98 valence electrons. The number of aromatic nitrogens is 2. The van der Waals surface area contributed by atoms with Gasteiger partial charge in [-0.15, -0.1) is 22.7 Å². The second-order valence-corrected chi connectivity index (χ2v) is 7.96. The molecule has 2 aromatic rings. The molecular formula is C10H13N3O2S3. The third-order valence-electron chi connectivity index (χ3n) is 2.18. The van der Waals surface area contributed by atoms with Gasteiger partial charge in [0, 0.05) is 18.7 Å². The molecule has 2 aromatic heterocycles. The Morgan fingerprint density at radius 1 is 1.39 bits per heavy atom. The fourth-order valence-corrected chi connectivity index (χ4v) is 4.42. The lowest BCUT2D eigenvalue weighted by atomic mass is 10.3. The maximum Gasteiger partial charge on any atom is 0.182 e. The van der Waals surface area contributed by atoms with Crippen LogP contribution in [0.3, 0.4) is 0 Å². The number of hydrogen-bond acceptors (Lipinski definition) is 7. The van der Waals surface area contributed by atoms with Crippen molar-refractivity contribution in [3.05, 3.63) is 16.1 Å². The summed E-state index contributed by atoms with van der Waals surface area (Å²) < 4.78 is 22.5. The van der Waals surface area contributed by atoms with Gasteiger partial charge in [-0.3, -0.25) is 0 Å². The summed E-state index contributed by atoms with van der Waals surface area (Å²) in [5.74, 6) is -0.0124. The third-order valence-corrected chi connectivity index (χ3v) is 5.20. The van der Waals surface area contributed by atoms with Crippen LogP contribution in [0.5, 0.6) is 0 Å². The zero-order valence-corrected chi connectivity index (χ0v) is 12.7. The van der Waals surface area contributed by atoms with Gasteiger partial charge < -0.3 is 5.32 Å². The number of hydrogen-bond donors (Lipinski definition) is 1. The standard InChI is InChI=1S/C10H13N3O2S3/c1-6-9(7-4-16-10(11-2)13-7)17-8(12-6)5-18(3,14)15/h4H,5H2,1-3H3,(H,11,13). The molecule has 0 aliphatic carbocycles. The number of nitrogens with zero attached hydrogens (tertiary/aromatic N) is 2. The van der Waals surface area contributed by atoms with E-state index in [1.807, 2.05) is 19.4 Å². The first kappa shape index (κ1) is 13.4. The van der Waals surface area contributed by atoms with Crippen LogP contribution in [0.1, 0.15) is 10.7 Å². The van der Waals surface area contributed by atoms with Crippen LogP contribution in [0.4, 0.5) is 5.13 Å². The average molecular weight is 303 g/mol. The van der Waals surface area contributed by atoms with Gasteiger partial charge in [0.1, 0.15) is 10.8 Å². The Labute approximate surface area is 114 Å². The van der Waals surface area contributed by atoms with E-state index in [1.165, 1.54) is 28.9 Å². The van der Waals surface area contributed by atoms with Gasteiger partial charge in [-0.1, -0.05) is 0 Å². The second kappa shape index (κ2) is 4.94. The van der Waals surface area contributed by atoms with Crippen LogP contribution < -0.4 is 5.32 Å². The van der Waals surface area contributed by atoms with Gasteiger partial charge in [0.2, 0.25) is 0 Å². The minimum absolute atomic E-state index is 0.0124. The Morgan fingerprint density at radius 3 is 2.67 bits per heavy atom. The van der Waals surface area contributed by atoms with E-state index >= 15 is 0 Å². The lowest BCUT2D eigenvalue weighted by Crippen LogP contribution is -1.99. The lowest BCUT2D eigenvalue weighted by molar-refractivity contribution is 0.601. The van der Waals surface area contributed by atoms with Gasteiger partial charge in [-0.25, -0.2) is 18.4 Å². The molecular weight excluding hydrogens is 290 g/mol. The Morgan fingerprint density at radius 2 is 2.11 bits per heavy atom. The summed E-state index contributed by atoms with van der Waals surface area (Å²) >= 11 is 2.90. The summed E-state index contributed by atoms with van der Waals surface area (Å²) in [4.78, 5) is 9.63. The molecule has 0 unspecified atom stereocenters. The highest BCUT2D eigenvalue weighted by Crippen LogP contribution is 2.32. The molecule has 0 amide bonds. The zero-order chi connectivity index (χ0) is 13.3. The van der Waals surface area contributed by atoms with Crippen LogP contribution in [0, 0.1) is 6.92 Å². The predicted molar refractivity (Wildman–Crippen MR) is 76.1 cm³/mol. The number of nitrogens with one attached hydrogen (secondary N) is 1. The molecule has 2 heterocycles. The molecule has 0 fully saturated rings. The smallest absolute Gasteiger partial charge is 0.182 e. The van der Waals surface area contributed by atoms with Crippen molar-refractivity contribution < 1.29 is 8.42 Å². The number of rotatable bonds is 4. The summed E-state index contributed by atoms with van der Waals surface area (Å²) in [7, 11) is -1.23. The van der Waals surface area contributed by atoms with Gasteiger partial charge in [-0.05, 0) is 6.92 Å². The van der Waals surface area contributed by atoms with E-state index < -0.39 is 9.84 Å². The summed E-state index contributed by atoms with van der Waals surface area (Å²) in [6, 6.07) is 0. The minimum atomic E-state index is -3.04. The SMILES string of the molecule is CNc1nc(-c2sc(CS(C)(=O)=O)nc2C)cs1. The second-order valence-electron chi connectivity index (χ2n) is 3.88. The quantitative estimate of drug-likeness (QED) is 0.937. The van der Waals surface area contributed by atoms with Crippen molar-refractivity contribution in [1.29, 1.82) is 0 Å². The monoisotopic (exact) mass is 303 g/mol. The van der Waals surface area contributed by atoms with Gasteiger partial charge in [0.15, 0.2) is 15.0 Å². The first-order valence-electron chi connectivity index (χ1n) is 5.16. The summed E-state index contributed by atoms with van der Waals surface area (Å²) in [6.45, 7) is 1.87. The molecule has 0 aliphatic rings. The van der Waals surface area contributed by atoms with Crippen LogP contribution in [-0.2, 0) is 15.6 Å². The lowest BCUT2D eigenvalue weighted by Gasteiger charge is -1.92. The van der Waals surface area contributed by atoms with Gasteiger partial charge in [0.05, 0.1) is 16.3 Å². The molecule has 0 radical (unpaired) electrons. The van der Waals surface area contributed by atoms with Crippen molar-refractivity contribution >= 4 is 37.6 Å². The van der Waals surface area contributed by atoms with Crippen LogP contribution in [0.15, 0.2) is 5.38 Å². The Bertz CT molecular complexity index is 658. The van der Waals surface area contributed by atoms with Crippen molar-refractivity contribution in [1.82, 2.24) is 9.97 Å². The molecule has 1 N–H and O–H groups in total. The van der Waals surface area contributed by atoms with E-state index in [4.69, 9.17) is 0 Å². The molecule has 0 aromatic carbocycles. The van der Waals surface area contributed by atoms with Crippen LogP contribution in [0.25, 0.3) is 10.6 Å². The Hall–Kier alpha value is -0.990. The number of sulfone groups is 1. The van der Waals surface area contributed by atoms with Crippen molar-refractivity contribution in [2.45, 2.75) is 12.7 Å². The number of thiazole rings is 2. The summed E-state index contributed by atoms with van der Waals surface area (Å²) in [5, 5.41) is 6.37. The number of anilines is 1. The van der Waals surface area contributed by atoms with Crippen molar-refractivity contribution in [2.24, 2.45) is 0 Å². The van der Waals surface area contributed by atoms with Crippen molar-refractivity contribution in [3.63, 3.8) is 0 Å². The van der Waals surface area contributed by atoms with E-state index in [2.05, 4.69) is 15.3 Å². The topological polar surface area (TPSA) is 72.0 Å². The van der Waals surface area contributed by atoms with Gasteiger partial charge in [0.25, 0.3) is 0 Å². The molecule has 18 heavy (non-hydrogen) atoms. The minimum Gasteiger partial charge on any atom is -0.365 e. The van der Waals surface area contributed by atoms with Crippen LogP contribution in [-0.4, -0.2) is 31.7 Å². The summed E-state index contributed by atoms with van der Waals surface area (Å²) in [5.41, 5.74) is 1.67. The molecule has 5 nitrogen and oxygen atoms in total. The van der Waals surface area contributed by atoms with E-state index in [9.17, 15) is 8.42 Å². The number of aryl methyl sites for hydroxylation is 1. The van der Waals surface area contributed by atoms with Gasteiger partial charge in [-0.2, -0.15) is 0 Å². The van der Waals surface area contributed by atoms with Crippen LogP contribution in [0.2, 0.25) is 0 Å². The molecule has 0 spiro atoms. The Balaban J connectivity index is 2.34. The third kappa shape index (κ3) is 3.06. The van der Waals surface area contributed by atoms with Gasteiger partial charge >= 0.3 is 0 Å². The van der Waals surface area contributed by atoms with Crippen molar-refractivity contribution in [3.8, 4) is 10.6 Å². The first-order chi connectivity index (χ1) is 8.39. The van der Waals surface area contributed by atoms with E-state index in [0.717, 1.165) is 21.4 Å². The molecule has 8 heteroatoms. The van der Waals surface area contributed by atoms with Crippen LogP contribution >= 0.6 is 22.7 Å². The largest absolute Gasteiger partial charge is 0.365 e. The Kier molecular flexibility index (Phi) is 3.69. The molecule has 0 saturated carbocycles. The predicted octanol–water partition coefficient (Wildman–Crippen LogP) is 2.16. The fraction of sp³-hybridized carbons (Fsp3) is 0.400. The van der Waals surface area contributed by atoms with Crippen molar-refractivity contribution in [2.75, 3.05) is 18.6 Å². The highest BCUT2D eigenvalue weighted by molar-refractivity contribution is 7.90. The fourth-order valence-electron chi connectivity index (χ4n) is 1.47. The molecule has 0 bridgehead atoms.